The lowest BCUT2D eigenvalue weighted by atomic mass is 9.74. The van der Waals surface area contributed by atoms with E-state index >= 15 is 0 Å². The summed E-state index contributed by atoms with van der Waals surface area (Å²) in [4.78, 5) is 58.6. The molecule has 2 saturated heterocycles. The summed E-state index contributed by atoms with van der Waals surface area (Å²) in [5, 5.41) is 13.4. The predicted octanol–water partition coefficient (Wildman–Crippen LogP) is 2.71. The fourth-order valence-electron chi connectivity index (χ4n) is 6.79. The van der Waals surface area contributed by atoms with Crippen LogP contribution in [0.15, 0.2) is 47.0 Å². The van der Waals surface area contributed by atoms with Crippen molar-refractivity contribution in [1.29, 1.82) is 0 Å². The van der Waals surface area contributed by atoms with Crippen molar-refractivity contribution in [2.24, 2.45) is 17.8 Å². The lowest BCUT2D eigenvalue weighted by Crippen LogP contribution is -2.59. The van der Waals surface area contributed by atoms with Crippen LogP contribution in [0.2, 0.25) is 0 Å². The van der Waals surface area contributed by atoms with Gasteiger partial charge < -0.3 is 34.4 Å². The number of benzene rings is 1. The SMILES string of the molecule is CC[C@H](C)[C@H](CO)N1C(=O)[C@H]2[C@@H]3C(=O)O[C@H](C)CNC(=O)CC/C=C\CN(c4ccc(OC)cc4)C(=O)[C@H]1[C@@]21C=C(Br)[C@@H]3O1. The summed E-state index contributed by atoms with van der Waals surface area (Å²) in [6.45, 7) is 5.46. The number of amides is 3. The van der Waals surface area contributed by atoms with Crippen LogP contribution in [-0.4, -0.2) is 90.4 Å². The van der Waals surface area contributed by atoms with E-state index in [4.69, 9.17) is 14.2 Å². The van der Waals surface area contributed by atoms with Crippen molar-refractivity contribution in [2.45, 2.75) is 69.9 Å². The van der Waals surface area contributed by atoms with Gasteiger partial charge in [-0.15, -0.1) is 0 Å². The zero-order chi connectivity index (χ0) is 31.8. The molecule has 0 aliphatic carbocycles. The summed E-state index contributed by atoms with van der Waals surface area (Å²) in [5.74, 6) is -3.29. The molecule has 8 atom stereocenters. The Morgan fingerprint density at radius 3 is 2.55 bits per heavy atom. The van der Waals surface area contributed by atoms with Gasteiger partial charge in [-0.05, 0) is 49.6 Å². The number of aliphatic hydroxyl groups excluding tert-OH is 1. The second kappa shape index (κ2) is 13.0. The molecule has 1 aromatic rings. The number of halogens is 1. The summed E-state index contributed by atoms with van der Waals surface area (Å²) >= 11 is 3.55. The molecule has 4 heterocycles. The first kappa shape index (κ1) is 32.2. The Labute approximate surface area is 265 Å². The maximum absolute atomic E-state index is 14.9. The highest BCUT2D eigenvalue weighted by molar-refractivity contribution is 9.11. The van der Waals surface area contributed by atoms with Gasteiger partial charge in [-0.25, -0.2) is 0 Å². The normalized spacial score (nSPS) is 33.0. The largest absolute Gasteiger partial charge is 0.497 e. The van der Waals surface area contributed by atoms with E-state index in [1.807, 2.05) is 26.0 Å². The molecule has 11 nitrogen and oxygen atoms in total. The number of fused-ring (bicyclic) bond motifs is 2. The number of esters is 1. The molecule has 4 aliphatic rings. The summed E-state index contributed by atoms with van der Waals surface area (Å²) in [6, 6.07) is 5.14. The van der Waals surface area contributed by atoms with Crippen molar-refractivity contribution in [2.75, 3.05) is 31.7 Å². The number of nitrogens with zero attached hydrogens (tertiary/aromatic N) is 2. The molecule has 0 unspecified atom stereocenters. The van der Waals surface area contributed by atoms with Crippen LogP contribution in [0.4, 0.5) is 5.69 Å². The number of methoxy groups -OCH3 is 1. The first-order valence-corrected chi connectivity index (χ1v) is 15.9. The number of carbonyl (C=O) groups excluding carboxylic acids is 4. The van der Waals surface area contributed by atoms with Gasteiger partial charge in [0, 0.05) is 23.1 Å². The Bertz CT molecular complexity index is 1350. The zero-order valence-electron chi connectivity index (χ0n) is 25.4. The summed E-state index contributed by atoms with van der Waals surface area (Å²) in [5.41, 5.74) is -0.907. The zero-order valence-corrected chi connectivity index (χ0v) is 27.0. The Morgan fingerprint density at radius 2 is 1.89 bits per heavy atom. The minimum absolute atomic E-state index is 0.117. The monoisotopic (exact) mass is 673 g/mol. The highest BCUT2D eigenvalue weighted by atomic mass is 79.9. The topological polar surface area (TPSA) is 135 Å². The van der Waals surface area contributed by atoms with Crippen molar-refractivity contribution in [3.8, 4) is 5.75 Å². The molecule has 3 amide bonds. The van der Waals surface area contributed by atoms with E-state index in [1.165, 1.54) is 4.90 Å². The van der Waals surface area contributed by atoms with E-state index in [-0.39, 0.29) is 37.9 Å². The lowest BCUT2D eigenvalue weighted by Gasteiger charge is -2.40. The molecular formula is C32H40BrN3O8. The molecule has 4 aliphatic heterocycles. The summed E-state index contributed by atoms with van der Waals surface area (Å²) in [7, 11) is 1.56. The third-order valence-electron chi connectivity index (χ3n) is 9.26. The standard InChI is InChI=1S/C32H40BrN3O8/c1-5-18(2)23(17-37)36-28-30(40)35(20-10-12-21(42-4)13-11-20)14-8-6-7-9-24(38)34-16-19(3)43-31(41)25-26(29(36)39)32(28)15-22(33)27(25)44-32/h6,8,10-13,15,18-19,23,25-28,37H,5,7,9,14,16-17H2,1-4H3,(H,34,38)/b8-6-/t18-,19+,23-,25-,26+,27-,28-,32+/m0/s1. The van der Waals surface area contributed by atoms with Crippen LogP contribution in [0.1, 0.15) is 40.0 Å². The van der Waals surface area contributed by atoms with Crippen molar-refractivity contribution in [1.82, 2.24) is 10.2 Å². The van der Waals surface area contributed by atoms with Crippen molar-refractivity contribution in [3.63, 3.8) is 0 Å². The Balaban J connectivity index is 1.66. The van der Waals surface area contributed by atoms with Gasteiger partial charge in [-0.1, -0.05) is 48.4 Å². The number of cyclic esters (lactones) is 1. The quantitative estimate of drug-likeness (QED) is 0.348. The fourth-order valence-corrected chi connectivity index (χ4v) is 7.52. The van der Waals surface area contributed by atoms with E-state index in [2.05, 4.69) is 21.2 Å². The van der Waals surface area contributed by atoms with Gasteiger partial charge in [-0.3, -0.25) is 19.2 Å². The number of likely N-dealkylation sites (tertiary alicyclic amines) is 1. The van der Waals surface area contributed by atoms with E-state index in [1.54, 1.807) is 49.3 Å². The van der Waals surface area contributed by atoms with Crippen LogP contribution in [0, 0.1) is 17.8 Å². The molecule has 12 heteroatoms. The molecule has 5 rings (SSSR count). The van der Waals surface area contributed by atoms with E-state index in [9.17, 15) is 24.3 Å². The molecule has 2 N–H and O–H groups in total. The molecule has 1 aromatic carbocycles. The molecule has 0 saturated carbocycles. The maximum atomic E-state index is 14.9. The number of allylic oxidation sites excluding steroid dienone is 1. The van der Waals surface area contributed by atoms with Gasteiger partial charge in [0.05, 0.1) is 32.2 Å². The number of aliphatic hydroxyl groups is 1. The Kier molecular flexibility index (Phi) is 9.52. The molecule has 44 heavy (non-hydrogen) atoms. The molecule has 2 fully saturated rings. The highest BCUT2D eigenvalue weighted by Gasteiger charge is 2.75. The van der Waals surface area contributed by atoms with Crippen LogP contribution >= 0.6 is 15.9 Å². The number of anilines is 1. The van der Waals surface area contributed by atoms with Crippen molar-refractivity contribution in [3.05, 3.63) is 47.0 Å². The summed E-state index contributed by atoms with van der Waals surface area (Å²) < 4.78 is 18.2. The number of rotatable bonds is 6. The van der Waals surface area contributed by atoms with E-state index < -0.39 is 59.5 Å². The van der Waals surface area contributed by atoms with Crippen molar-refractivity contribution >= 4 is 45.3 Å². The average molecular weight is 675 g/mol. The van der Waals surface area contributed by atoms with Gasteiger partial charge in [0.15, 0.2) is 0 Å². The molecule has 5 bridgehead atoms. The van der Waals surface area contributed by atoms with Crippen LogP contribution in [0.25, 0.3) is 0 Å². The predicted molar refractivity (Wildman–Crippen MR) is 165 cm³/mol. The van der Waals surface area contributed by atoms with Crippen LogP contribution in [0.5, 0.6) is 5.75 Å². The van der Waals surface area contributed by atoms with Crippen LogP contribution in [-0.2, 0) is 28.7 Å². The van der Waals surface area contributed by atoms with Crippen LogP contribution in [0.3, 0.4) is 0 Å². The maximum Gasteiger partial charge on any atom is 0.313 e. The lowest BCUT2D eigenvalue weighted by molar-refractivity contribution is -0.159. The van der Waals surface area contributed by atoms with Gasteiger partial charge in [0.2, 0.25) is 11.8 Å². The highest BCUT2D eigenvalue weighted by Crippen LogP contribution is 2.59. The Hall–Kier alpha value is -3.22. The van der Waals surface area contributed by atoms with Crippen molar-refractivity contribution < 1.29 is 38.5 Å². The fraction of sp³-hybridized carbons (Fsp3) is 0.562. The van der Waals surface area contributed by atoms with Gasteiger partial charge in [0.1, 0.15) is 35.5 Å². The van der Waals surface area contributed by atoms with Gasteiger partial charge >= 0.3 is 5.97 Å². The second-order valence-electron chi connectivity index (χ2n) is 11.9. The van der Waals surface area contributed by atoms with Crippen LogP contribution < -0.4 is 15.0 Å². The third-order valence-corrected chi connectivity index (χ3v) is 9.94. The number of nitrogens with one attached hydrogen (secondary N) is 1. The van der Waals surface area contributed by atoms with Gasteiger partial charge in [0.25, 0.3) is 5.91 Å². The molecule has 0 radical (unpaired) electrons. The van der Waals surface area contributed by atoms with E-state index in [0.717, 1.165) is 0 Å². The first-order valence-electron chi connectivity index (χ1n) is 15.1. The number of hydrogen-bond donors (Lipinski definition) is 2. The number of hydrogen-bond acceptors (Lipinski definition) is 8. The number of ether oxygens (including phenoxy) is 3. The Morgan fingerprint density at radius 1 is 1.16 bits per heavy atom. The second-order valence-corrected chi connectivity index (χ2v) is 12.8. The number of carbonyl (C=O) groups is 4. The minimum atomic E-state index is -1.47. The van der Waals surface area contributed by atoms with Gasteiger partial charge in [-0.2, -0.15) is 0 Å². The smallest absolute Gasteiger partial charge is 0.313 e. The molecule has 0 aromatic heterocycles. The third kappa shape index (κ3) is 5.56. The molecule has 238 valence electrons. The minimum Gasteiger partial charge on any atom is -0.497 e. The molecular weight excluding hydrogens is 634 g/mol. The molecule has 1 spiro atoms. The average Bonchev–Trinajstić information content (AvgIpc) is 3.61. The summed E-state index contributed by atoms with van der Waals surface area (Å²) in [6.07, 6.45) is 5.24. The van der Waals surface area contributed by atoms with E-state index in [0.29, 0.717) is 28.8 Å². The first-order chi connectivity index (χ1) is 21.1.